The van der Waals surface area contributed by atoms with Crippen LogP contribution in [0.1, 0.15) is 30.9 Å². The fourth-order valence-corrected chi connectivity index (χ4v) is 2.93. The third-order valence-corrected chi connectivity index (χ3v) is 4.51. The number of para-hydroxylation sites is 2. The highest BCUT2D eigenvalue weighted by molar-refractivity contribution is 7.99. The van der Waals surface area contributed by atoms with Crippen molar-refractivity contribution in [1.29, 1.82) is 5.26 Å². The lowest BCUT2D eigenvalue weighted by atomic mass is 10.2. The Labute approximate surface area is 153 Å². The van der Waals surface area contributed by atoms with Gasteiger partial charge in [0.1, 0.15) is 5.75 Å². The van der Waals surface area contributed by atoms with Crippen LogP contribution in [0.2, 0.25) is 0 Å². The van der Waals surface area contributed by atoms with E-state index in [0.29, 0.717) is 29.4 Å². The molecule has 0 unspecified atom stereocenters. The molecule has 5 heteroatoms. The van der Waals surface area contributed by atoms with Crippen LogP contribution < -0.4 is 10.1 Å². The van der Waals surface area contributed by atoms with Gasteiger partial charge in [0.05, 0.1) is 29.7 Å². The van der Waals surface area contributed by atoms with Crippen molar-refractivity contribution in [2.75, 3.05) is 17.7 Å². The molecular formula is C20H22N2O2S. The number of anilines is 1. The Morgan fingerprint density at radius 2 is 1.96 bits per heavy atom. The summed E-state index contributed by atoms with van der Waals surface area (Å²) in [6, 6.07) is 17.0. The predicted molar refractivity (Wildman–Crippen MR) is 103 cm³/mol. The Morgan fingerprint density at radius 1 is 1.20 bits per heavy atom. The zero-order valence-electron chi connectivity index (χ0n) is 14.3. The molecule has 4 nitrogen and oxygen atoms in total. The zero-order chi connectivity index (χ0) is 17.9. The third kappa shape index (κ3) is 6.52. The van der Waals surface area contributed by atoms with E-state index in [2.05, 4.69) is 18.3 Å². The van der Waals surface area contributed by atoms with Crippen LogP contribution >= 0.6 is 11.8 Å². The van der Waals surface area contributed by atoms with Crippen molar-refractivity contribution in [1.82, 2.24) is 0 Å². The van der Waals surface area contributed by atoms with Gasteiger partial charge < -0.3 is 10.1 Å². The van der Waals surface area contributed by atoms with Gasteiger partial charge in [0.15, 0.2) is 0 Å². The number of hydrogen-bond donors (Lipinski definition) is 1. The molecule has 2 aromatic rings. The van der Waals surface area contributed by atoms with Crippen molar-refractivity contribution in [2.45, 2.75) is 25.5 Å². The van der Waals surface area contributed by atoms with Gasteiger partial charge in [0.25, 0.3) is 0 Å². The van der Waals surface area contributed by atoms with Gasteiger partial charge >= 0.3 is 0 Å². The molecule has 1 amide bonds. The van der Waals surface area contributed by atoms with E-state index < -0.39 is 0 Å². The average Bonchev–Trinajstić information content (AvgIpc) is 2.64. The number of hydrogen-bond acceptors (Lipinski definition) is 4. The molecule has 0 aliphatic rings. The molecule has 0 aliphatic heterocycles. The maximum Gasteiger partial charge on any atom is 0.234 e. The summed E-state index contributed by atoms with van der Waals surface area (Å²) in [6.45, 7) is 2.76. The monoisotopic (exact) mass is 354 g/mol. The number of nitrogens with one attached hydrogen (secondary N) is 1. The highest BCUT2D eigenvalue weighted by atomic mass is 32.2. The molecule has 2 aromatic carbocycles. The van der Waals surface area contributed by atoms with E-state index in [1.807, 2.05) is 36.4 Å². The average molecular weight is 354 g/mol. The van der Waals surface area contributed by atoms with E-state index in [0.717, 1.165) is 24.2 Å². The van der Waals surface area contributed by atoms with Gasteiger partial charge in [-0.25, -0.2) is 0 Å². The van der Waals surface area contributed by atoms with Crippen molar-refractivity contribution in [3.63, 3.8) is 0 Å². The number of carbonyl (C=O) groups excluding carboxylic acids is 1. The Morgan fingerprint density at radius 3 is 2.68 bits per heavy atom. The quantitative estimate of drug-likeness (QED) is 0.668. The maximum absolute atomic E-state index is 12.2. The number of ether oxygens (including phenoxy) is 1. The zero-order valence-corrected chi connectivity index (χ0v) is 15.1. The molecule has 1 N–H and O–H groups in total. The second-order valence-corrected chi connectivity index (χ2v) is 6.53. The minimum atomic E-state index is -0.0508. The maximum atomic E-state index is 12.2. The Hall–Kier alpha value is -2.45. The van der Waals surface area contributed by atoms with Crippen molar-refractivity contribution < 1.29 is 9.53 Å². The van der Waals surface area contributed by atoms with Gasteiger partial charge in [-0.15, -0.1) is 11.8 Å². The van der Waals surface area contributed by atoms with Gasteiger partial charge in [-0.3, -0.25) is 4.79 Å². The first-order chi connectivity index (χ1) is 12.2. The summed E-state index contributed by atoms with van der Waals surface area (Å²) in [7, 11) is 0. The summed E-state index contributed by atoms with van der Waals surface area (Å²) >= 11 is 1.54. The molecule has 0 fully saturated rings. The van der Waals surface area contributed by atoms with E-state index in [9.17, 15) is 4.79 Å². The van der Waals surface area contributed by atoms with E-state index in [1.54, 1.807) is 12.1 Å². The van der Waals surface area contributed by atoms with Gasteiger partial charge in [-0.05, 0) is 36.2 Å². The normalized spacial score (nSPS) is 10.1. The number of amides is 1. The fraction of sp³-hybridized carbons (Fsp3) is 0.300. The second kappa shape index (κ2) is 10.4. The Bertz CT molecular complexity index is 723. The van der Waals surface area contributed by atoms with Crippen LogP contribution in [0.3, 0.4) is 0 Å². The molecule has 0 saturated carbocycles. The minimum absolute atomic E-state index is 0.0508. The van der Waals surface area contributed by atoms with Crippen LogP contribution in [0.15, 0.2) is 48.5 Å². The van der Waals surface area contributed by atoms with Crippen LogP contribution in [-0.2, 0) is 10.5 Å². The number of benzene rings is 2. The number of unbranched alkanes of at least 4 members (excludes halogenated alkanes) is 1. The largest absolute Gasteiger partial charge is 0.491 e. The molecule has 2 rings (SSSR count). The van der Waals surface area contributed by atoms with Crippen molar-refractivity contribution in [3.05, 3.63) is 59.7 Å². The topological polar surface area (TPSA) is 62.1 Å². The summed E-state index contributed by atoms with van der Waals surface area (Å²) in [5.41, 5.74) is 2.45. The lowest BCUT2D eigenvalue weighted by Crippen LogP contribution is -2.15. The highest BCUT2D eigenvalue weighted by Gasteiger charge is 2.08. The van der Waals surface area contributed by atoms with Crippen LogP contribution in [0.25, 0.3) is 0 Å². The standard InChI is InChI=1S/C20H22N2O2S/c1-2-3-12-24-19-7-5-4-6-18(19)22-20(23)15-25-14-17-10-8-16(13-21)9-11-17/h4-11H,2-3,12,14-15H2,1H3,(H,22,23). The molecule has 0 atom stereocenters. The molecule has 0 radical (unpaired) electrons. The van der Waals surface area contributed by atoms with E-state index in [1.165, 1.54) is 11.8 Å². The van der Waals surface area contributed by atoms with Gasteiger partial charge in [-0.1, -0.05) is 37.6 Å². The lowest BCUT2D eigenvalue weighted by molar-refractivity contribution is -0.113. The molecular weight excluding hydrogens is 332 g/mol. The van der Waals surface area contributed by atoms with Gasteiger partial charge in [0.2, 0.25) is 5.91 Å². The number of nitrogens with zero attached hydrogens (tertiary/aromatic N) is 1. The molecule has 130 valence electrons. The summed E-state index contributed by atoms with van der Waals surface area (Å²) in [5.74, 6) is 1.75. The predicted octanol–water partition coefficient (Wildman–Crippen LogP) is 4.61. The van der Waals surface area contributed by atoms with Crippen molar-refractivity contribution in [2.24, 2.45) is 0 Å². The van der Waals surface area contributed by atoms with Crippen LogP contribution in [-0.4, -0.2) is 18.3 Å². The first-order valence-corrected chi connectivity index (χ1v) is 9.47. The summed E-state index contributed by atoms with van der Waals surface area (Å²) in [4.78, 5) is 12.2. The molecule has 0 spiro atoms. The van der Waals surface area contributed by atoms with Gasteiger partial charge in [-0.2, -0.15) is 5.26 Å². The molecule has 0 aromatic heterocycles. The van der Waals surface area contributed by atoms with Crippen molar-refractivity contribution in [3.8, 4) is 11.8 Å². The van der Waals surface area contributed by atoms with E-state index >= 15 is 0 Å². The smallest absolute Gasteiger partial charge is 0.234 e. The lowest BCUT2D eigenvalue weighted by Gasteiger charge is -2.12. The Balaban J connectivity index is 1.80. The molecule has 0 saturated heterocycles. The summed E-state index contributed by atoms with van der Waals surface area (Å²) in [6.07, 6.45) is 2.06. The van der Waals surface area contributed by atoms with E-state index in [-0.39, 0.29) is 5.91 Å². The fourth-order valence-electron chi connectivity index (χ4n) is 2.15. The second-order valence-electron chi connectivity index (χ2n) is 5.55. The summed E-state index contributed by atoms with van der Waals surface area (Å²) < 4.78 is 5.73. The molecule has 25 heavy (non-hydrogen) atoms. The van der Waals surface area contributed by atoms with Crippen LogP contribution in [0, 0.1) is 11.3 Å². The third-order valence-electron chi connectivity index (χ3n) is 3.50. The molecule has 0 heterocycles. The van der Waals surface area contributed by atoms with Crippen LogP contribution in [0.4, 0.5) is 5.69 Å². The highest BCUT2D eigenvalue weighted by Crippen LogP contribution is 2.24. The molecule has 0 bridgehead atoms. The number of rotatable bonds is 9. The van der Waals surface area contributed by atoms with Crippen LogP contribution in [0.5, 0.6) is 5.75 Å². The number of thioether (sulfide) groups is 1. The molecule has 0 aliphatic carbocycles. The SMILES string of the molecule is CCCCOc1ccccc1NC(=O)CSCc1ccc(C#N)cc1. The van der Waals surface area contributed by atoms with Crippen molar-refractivity contribution >= 4 is 23.4 Å². The minimum Gasteiger partial charge on any atom is -0.491 e. The van der Waals surface area contributed by atoms with E-state index in [4.69, 9.17) is 10.00 Å². The first-order valence-electron chi connectivity index (χ1n) is 8.31. The first kappa shape index (κ1) is 18.9. The number of carbonyl (C=O) groups is 1. The number of nitriles is 1. The summed E-state index contributed by atoms with van der Waals surface area (Å²) in [5, 5.41) is 11.7. The van der Waals surface area contributed by atoms with Gasteiger partial charge in [0, 0.05) is 5.75 Å². The Kier molecular flexibility index (Phi) is 7.87.